The zero-order chi connectivity index (χ0) is 12.1. The smallest absolute Gasteiger partial charge is 0.216 e. The van der Waals surface area contributed by atoms with Gasteiger partial charge >= 0.3 is 0 Å². The third kappa shape index (κ3) is 2.80. The molecule has 0 fully saturated rings. The zero-order valence-corrected chi connectivity index (χ0v) is 9.46. The van der Waals surface area contributed by atoms with E-state index in [9.17, 15) is 0 Å². The van der Waals surface area contributed by atoms with Crippen molar-refractivity contribution in [3.05, 3.63) is 42.2 Å². The normalized spacial score (nSPS) is 12.4. The Labute approximate surface area is 98.8 Å². The molecular weight excluding hydrogens is 220 g/mol. The number of nitrogens with two attached hydrogens (primary N) is 1. The predicted octanol–water partition coefficient (Wildman–Crippen LogP) is 0.825. The Morgan fingerprint density at radius 1 is 1.53 bits per heavy atom. The Kier molecular flexibility index (Phi) is 3.69. The van der Waals surface area contributed by atoms with Gasteiger partial charge in [0, 0.05) is 6.07 Å². The van der Waals surface area contributed by atoms with Crippen LogP contribution in [0.1, 0.15) is 17.3 Å². The lowest BCUT2D eigenvalue weighted by Gasteiger charge is -2.14. The molecule has 1 atom stereocenters. The average Bonchev–Trinajstić information content (AvgIpc) is 2.89. The molecule has 2 aromatic rings. The fraction of sp³-hybridized carbons (Fsp3) is 0.273. The molecule has 2 aromatic heterocycles. The summed E-state index contributed by atoms with van der Waals surface area (Å²) in [4.78, 5) is 8.13. The number of hydrazine groups is 1. The summed E-state index contributed by atoms with van der Waals surface area (Å²) in [5.41, 5.74) is 4.55. The van der Waals surface area contributed by atoms with Gasteiger partial charge in [0.1, 0.15) is 6.33 Å². The molecule has 0 spiro atoms. The van der Waals surface area contributed by atoms with Crippen LogP contribution in [-0.2, 0) is 6.42 Å². The molecule has 0 saturated carbocycles. The third-order valence-electron chi connectivity index (χ3n) is 2.45. The van der Waals surface area contributed by atoms with Crippen LogP contribution in [0.3, 0.4) is 0 Å². The lowest BCUT2D eigenvalue weighted by molar-refractivity contribution is 0.393. The van der Waals surface area contributed by atoms with Gasteiger partial charge in [0.25, 0.3) is 0 Å². The highest BCUT2D eigenvalue weighted by atomic mass is 16.5. The van der Waals surface area contributed by atoms with Crippen molar-refractivity contribution >= 4 is 0 Å². The zero-order valence-electron chi connectivity index (χ0n) is 9.46. The SMILES string of the molecule is COc1cc(C(Cc2ccoc2)NN)ncn1. The summed E-state index contributed by atoms with van der Waals surface area (Å²) < 4.78 is 10.1. The predicted molar refractivity (Wildman–Crippen MR) is 61.1 cm³/mol. The quantitative estimate of drug-likeness (QED) is 0.588. The van der Waals surface area contributed by atoms with Crippen molar-refractivity contribution in [1.82, 2.24) is 15.4 Å². The maximum Gasteiger partial charge on any atom is 0.216 e. The number of furan rings is 1. The van der Waals surface area contributed by atoms with E-state index >= 15 is 0 Å². The van der Waals surface area contributed by atoms with Crippen molar-refractivity contribution in [2.45, 2.75) is 12.5 Å². The number of hydrogen-bond donors (Lipinski definition) is 2. The summed E-state index contributed by atoms with van der Waals surface area (Å²) in [6.07, 6.45) is 5.45. The van der Waals surface area contributed by atoms with E-state index in [1.54, 1.807) is 25.7 Å². The lowest BCUT2D eigenvalue weighted by atomic mass is 10.1. The second-order valence-corrected chi connectivity index (χ2v) is 3.54. The van der Waals surface area contributed by atoms with Crippen molar-refractivity contribution in [3.8, 4) is 5.88 Å². The molecule has 6 nitrogen and oxygen atoms in total. The Morgan fingerprint density at radius 2 is 2.41 bits per heavy atom. The van der Waals surface area contributed by atoms with E-state index in [-0.39, 0.29) is 6.04 Å². The fourth-order valence-electron chi connectivity index (χ4n) is 1.55. The first-order valence-electron chi connectivity index (χ1n) is 5.16. The maximum atomic E-state index is 5.53. The molecule has 0 saturated heterocycles. The Balaban J connectivity index is 2.16. The van der Waals surface area contributed by atoms with Crippen LogP contribution in [0.25, 0.3) is 0 Å². The van der Waals surface area contributed by atoms with Crippen molar-refractivity contribution in [2.75, 3.05) is 7.11 Å². The first kappa shape index (κ1) is 11.6. The van der Waals surface area contributed by atoms with E-state index in [0.717, 1.165) is 11.3 Å². The van der Waals surface area contributed by atoms with Crippen LogP contribution in [0.5, 0.6) is 5.88 Å². The van der Waals surface area contributed by atoms with Gasteiger partial charge in [0.15, 0.2) is 0 Å². The van der Waals surface area contributed by atoms with Crippen LogP contribution in [0, 0.1) is 0 Å². The molecule has 0 bridgehead atoms. The van der Waals surface area contributed by atoms with E-state index in [1.807, 2.05) is 6.07 Å². The summed E-state index contributed by atoms with van der Waals surface area (Å²) in [5.74, 6) is 6.05. The average molecular weight is 234 g/mol. The largest absolute Gasteiger partial charge is 0.481 e. The van der Waals surface area contributed by atoms with Crippen LogP contribution in [-0.4, -0.2) is 17.1 Å². The molecule has 0 aliphatic heterocycles. The molecular formula is C11H14N4O2. The minimum Gasteiger partial charge on any atom is -0.481 e. The summed E-state index contributed by atoms with van der Waals surface area (Å²) in [7, 11) is 1.56. The number of nitrogens with zero attached hydrogens (tertiary/aromatic N) is 2. The maximum absolute atomic E-state index is 5.53. The first-order chi connectivity index (χ1) is 8.33. The summed E-state index contributed by atoms with van der Waals surface area (Å²) in [5, 5.41) is 0. The molecule has 2 rings (SSSR count). The molecule has 6 heteroatoms. The lowest BCUT2D eigenvalue weighted by Crippen LogP contribution is -2.30. The number of nitrogens with one attached hydrogen (secondary N) is 1. The van der Waals surface area contributed by atoms with Gasteiger partial charge in [-0.25, -0.2) is 9.97 Å². The topological polar surface area (TPSA) is 86.2 Å². The highest BCUT2D eigenvalue weighted by Crippen LogP contribution is 2.18. The summed E-state index contributed by atoms with van der Waals surface area (Å²) in [6.45, 7) is 0. The van der Waals surface area contributed by atoms with Crippen molar-refractivity contribution in [2.24, 2.45) is 5.84 Å². The van der Waals surface area contributed by atoms with Crippen LogP contribution in [0.15, 0.2) is 35.4 Å². The standard InChI is InChI=1S/C11H14N4O2/c1-16-11-5-9(13-7-14-11)10(15-12)4-8-2-3-17-6-8/h2-3,5-7,10,15H,4,12H2,1H3. The third-order valence-corrected chi connectivity index (χ3v) is 2.45. The molecule has 17 heavy (non-hydrogen) atoms. The van der Waals surface area contributed by atoms with E-state index in [0.29, 0.717) is 12.3 Å². The van der Waals surface area contributed by atoms with Gasteiger partial charge < -0.3 is 9.15 Å². The van der Waals surface area contributed by atoms with Crippen LogP contribution < -0.4 is 16.0 Å². The highest BCUT2D eigenvalue weighted by Gasteiger charge is 2.13. The molecule has 0 aromatic carbocycles. The molecule has 0 amide bonds. The number of methoxy groups -OCH3 is 1. The molecule has 3 N–H and O–H groups in total. The second-order valence-electron chi connectivity index (χ2n) is 3.54. The Bertz CT molecular complexity index is 458. The summed E-state index contributed by atoms with van der Waals surface area (Å²) in [6, 6.07) is 3.54. The van der Waals surface area contributed by atoms with Crippen molar-refractivity contribution < 1.29 is 9.15 Å². The molecule has 2 heterocycles. The van der Waals surface area contributed by atoms with Gasteiger partial charge in [-0.1, -0.05) is 0 Å². The number of aromatic nitrogens is 2. The Morgan fingerprint density at radius 3 is 3.06 bits per heavy atom. The Hall–Kier alpha value is -1.92. The number of rotatable bonds is 5. The van der Waals surface area contributed by atoms with E-state index in [1.165, 1.54) is 6.33 Å². The van der Waals surface area contributed by atoms with Crippen LogP contribution >= 0.6 is 0 Å². The van der Waals surface area contributed by atoms with Gasteiger partial charge in [-0.05, 0) is 18.1 Å². The van der Waals surface area contributed by atoms with Gasteiger partial charge in [-0.3, -0.25) is 11.3 Å². The van der Waals surface area contributed by atoms with Crippen LogP contribution in [0.2, 0.25) is 0 Å². The van der Waals surface area contributed by atoms with Gasteiger partial charge in [-0.2, -0.15) is 0 Å². The van der Waals surface area contributed by atoms with Gasteiger partial charge in [0.05, 0.1) is 31.4 Å². The minimum atomic E-state index is -0.107. The minimum absolute atomic E-state index is 0.107. The fourth-order valence-corrected chi connectivity index (χ4v) is 1.55. The van der Waals surface area contributed by atoms with E-state index in [2.05, 4.69) is 15.4 Å². The monoisotopic (exact) mass is 234 g/mol. The number of ether oxygens (including phenoxy) is 1. The molecule has 0 radical (unpaired) electrons. The molecule has 0 aliphatic rings. The van der Waals surface area contributed by atoms with Crippen molar-refractivity contribution in [3.63, 3.8) is 0 Å². The first-order valence-corrected chi connectivity index (χ1v) is 5.16. The number of hydrogen-bond acceptors (Lipinski definition) is 6. The van der Waals surface area contributed by atoms with Gasteiger partial charge in [0.2, 0.25) is 5.88 Å². The summed E-state index contributed by atoms with van der Waals surface area (Å²) >= 11 is 0. The molecule has 0 aliphatic carbocycles. The van der Waals surface area contributed by atoms with Crippen LogP contribution in [0.4, 0.5) is 0 Å². The van der Waals surface area contributed by atoms with E-state index < -0.39 is 0 Å². The van der Waals surface area contributed by atoms with Gasteiger partial charge in [-0.15, -0.1) is 0 Å². The van der Waals surface area contributed by atoms with Crippen molar-refractivity contribution in [1.29, 1.82) is 0 Å². The second kappa shape index (κ2) is 5.42. The molecule has 90 valence electrons. The van der Waals surface area contributed by atoms with E-state index in [4.69, 9.17) is 15.0 Å². The molecule has 1 unspecified atom stereocenters. The highest BCUT2D eigenvalue weighted by molar-refractivity contribution is 5.19.